The lowest BCUT2D eigenvalue weighted by atomic mass is 10.0. The van der Waals surface area contributed by atoms with Crippen molar-refractivity contribution in [2.24, 2.45) is 7.05 Å². The Balaban J connectivity index is 1.34. The lowest BCUT2D eigenvalue weighted by molar-refractivity contribution is 0.106. The van der Waals surface area contributed by atoms with Gasteiger partial charge in [-0.05, 0) is 69.0 Å². The number of halogens is 1. The number of nitrogens with zero attached hydrogens (tertiary/aromatic N) is 4. The van der Waals surface area contributed by atoms with E-state index in [9.17, 15) is 4.79 Å². The second kappa shape index (κ2) is 9.91. The van der Waals surface area contributed by atoms with Crippen LogP contribution in [0.25, 0.3) is 33.1 Å². The average molecular weight is 505 g/mol. The molecule has 2 aliphatic rings. The van der Waals surface area contributed by atoms with Crippen molar-refractivity contribution in [3.63, 3.8) is 0 Å². The summed E-state index contributed by atoms with van der Waals surface area (Å²) in [5.41, 5.74) is 3.26. The summed E-state index contributed by atoms with van der Waals surface area (Å²) >= 11 is 0. The van der Waals surface area contributed by atoms with Crippen LogP contribution in [0.15, 0.2) is 47.4 Å². The van der Waals surface area contributed by atoms with Crippen LogP contribution < -0.4 is 10.4 Å². The zero-order valence-corrected chi connectivity index (χ0v) is 21.5. The minimum Gasteiger partial charge on any atom is -0.494 e. The highest BCUT2D eigenvalue weighted by Crippen LogP contribution is 2.36. The number of likely N-dealkylation sites (tertiary alicyclic amines) is 1. The largest absolute Gasteiger partial charge is 0.494 e. The van der Waals surface area contributed by atoms with Crippen molar-refractivity contribution in [1.29, 1.82) is 0 Å². The third kappa shape index (κ3) is 4.42. The highest BCUT2D eigenvalue weighted by Gasteiger charge is 2.30. The molecule has 1 aliphatic carbocycles. The van der Waals surface area contributed by atoms with E-state index in [1.54, 1.807) is 24.9 Å². The molecule has 6 rings (SSSR count). The number of fused-ring (bicyclic) bond motifs is 3. The van der Waals surface area contributed by atoms with Gasteiger partial charge in [0, 0.05) is 43.8 Å². The molecule has 2 fully saturated rings. The van der Waals surface area contributed by atoms with E-state index in [4.69, 9.17) is 9.47 Å². The van der Waals surface area contributed by atoms with Gasteiger partial charge in [0.05, 0.1) is 35.5 Å². The minimum atomic E-state index is -0.340. The van der Waals surface area contributed by atoms with Crippen molar-refractivity contribution >= 4 is 21.9 Å². The lowest BCUT2D eigenvalue weighted by Gasteiger charge is -2.30. The van der Waals surface area contributed by atoms with E-state index in [0.29, 0.717) is 17.7 Å². The van der Waals surface area contributed by atoms with E-state index in [-0.39, 0.29) is 23.7 Å². The predicted octanol–water partition coefficient (Wildman–Crippen LogP) is 4.91. The van der Waals surface area contributed by atoms with Crippen LogP contribution in [-0.2, 0) is 11.8 Å². The fraction of sp³-hybridized carbons (Fsp3) is 0.448. The highest BCUT2D eigenvalue weighted by molar-refractivity contribution is 6.04. The normalized spacial score (nSPS) is 20.1. The molecule has 0 radical (unpaired) electrons. The number of aromatic nitrogens is 3. The number of aryl methyl sites for hydroxylation is 1. The van der Waals surface area contributed by atoms with Gasteiger partial charge >= 0.3 is 5.69 Å². The second-order valence-electron chi connectivity index (χ2n) is 10.3. The van der Waals surface area contributed by atoms with Crippen LogP contribution in [0.1, 0.15) is 38.1 Å². The van der Waals surface area contributed by atoms with E-state index in [0.717, 1.165) is 60.0 Å². The summed E-state index contributed by atoms with van der Waals surface area (Å²) in [6, 6.07) is 10.9. The molecule has 7 nitrogen and oxygen atoms in total. The maximum atomic E-state index is 15.3. The molecule has 1 saturated heterocycles. The van der Waals surface area contributed by atoms with Gasteiger partial charge in [0.1, 0.15) is 11.6 Å². The fourth-order valence-corrected chi connectivity index (χ4v) is 5.79. The summed E-state index contributed by atoms with van der Waals surface area (Å²) in [5.74, 6) is 0.441. The molecule has 2 aromatic heterocycles. The van der Waals surface area contributed by atoms with Crippen molar-refractivity contribution in [1.82, 2.24) is 19.0 Å². The van der Waals surface area contributed by atoms with E-state index in [1.807, 2.05) is 34.9 Å². The Morgan fingerprint density at radius 3 is 2.65 bits per heavy atom. The quantitative estimate of drug-likeness (QED) is 0.319. The summed E-state index contributed by atoms with van der Waals surface area (Å²) < 4.78 is 30.3. The summed E-state index contributed by atoms with van der Waals surface area (Å²) in [4.78, 5) is 20.2. The molecule has 1 aliphatic heterocycles. The number of benzene rings is 2. The second-order valence-corrected chi connectivity index (χ2v) is 10.3. The van der Waals surface area contributed by atoms with Crippen molar-refractivity contribution in [3.8, 4) is 16.9 Å². The predicted molar refractivity (Wildman–Crippen MR) is 143 cm³/mol. The number of rotatable bonds is 8. The number of imidazole rings is 1. The molecule has 8 heteroatoms. The molecule has 0 amide bonds. The van der Waals surface area contributed by atoms with E-state index >= 15 is 4.39 Å². The molecule has 194 valence electrons. The molecular weight excluding hydrogens is 471 g/mol. The van der Waals surface area contributed by atoms with Gasteiger partial charge in [0.2, 0.25) is 0 Å². The van der Waals surface area contributed by atoms with Gasteiger partial charge in [-0.2, -0.15) is 0 Å². The van der Waals surface area contributed by atoms with Crippen LogP contribution in [0.5, 0.6) is 5.75 Å². The van der Waals surface area contributed by atoms with Crippen LogP contribution in [0.2, 0.25) is 0 Å². The number of pyridine rings is 1. The Bertz CT molecular complexity index is 1490. The fourth-order valence-electron chi connectivity index (χ4n) is 5.79. The molecule has 3 heterocycles. The number of hydrogen-bond donors (Lipinski definition) is 0. The molecule has 4 aromatic rings. The first kappa shape index (κ1) is 24.1. The van der Waals surface area contributed by atoms with Gasteiger partial charge in [0.25, 0.3) is 0 Å². The van der Waals surface area contributed by atoms with E-state index in [2.05, 4.69) is 9.88 Å². The zero-order valence-electron chi connectivity index (χ0n) is 21.5. The highest BCUT2D eigenvalue weighted by atomic mass is 19.1. The first-order valence-electron chi connectivity index (χ1n) is 13.2. The maximum Gasteiger partial charge on any atom is 0.329 e. The van der Waals surface area contributed by atoms with Crippen molar-refractivity contribution < 1.29 is 13.9 Å². The molecule has 37 heavy (non-hydrogen) atoms. The van der Waals surface area contributed by atoms with E-state index < -0.39 is 0 Å². The Labute approximate surface area is 215 Å². The third-order valence-corrected chi connectivity index (χ3v) is 8.06. The summed E-state index contributed by atoms with van der Waals surface area (Å²) in [6.07, 6.45) is 6.68. The van der Waals surface area contributed by atoms with E-state index in [1.165, 1.54) is 25.6 Å². The lowest BCUT2D eigenvalue weighted by Crippen LogP contribution is -2.38. The average Bonchev–Trinajstić information content (AvgIpc) is 3.45. The number of ether oxygens (including phenoxy) is 2. The Morgan fingerprint density at radius 1 is 1.14 bits per heavy atom. The van der Waals surface area contributed by atoms with Crippen LogP contribution in [0.4, 0.5) is 4.39 Å². The molecule has 0 N–H and O–H groups in total. The monoisotopic (exact) mass is 504 g/mol. The maximum absolute atomic E-state index is 15.3. The Morgan fingerprint density at radius 2 is 1.95 bits per heavy atom. The summed E-state index contributed by atoms with van der Waals surface area (Å²) in [6.45, 7) is 4.13. The van der Waals surface area contributed by atoms with Gasteiger partial charge in [-0.1, -0.05) is 12.1 Å². The smallest absolute Gasteiger partial charge is 0.329 e. The summed E-state index contributed by atoms with van der Waals surface area (Å²) in [7, 11) is 3.49. The molecule has 2 aromatic carbocycles. The SMILES string of the molecule is CO[C@H]1CC[C@H](n2c(=O)n(C)c3cnc4cc(F)c(-c5ccc(OCCCN6CCC6)cc5)cc4c32)C1. The molecule has 1 saturated carbocycles. The van der Waals surface area contributed by atoms with Gasteiger partial charge in [-0.15, -0.1) is 0 Å². The standard InChI is InChI=1S/C29H33FN4O3/c1-32-27-18-31-26-17-25(30)23(19-5-8-21(9-6-19)37-14-4-13-33-11-3-12-33)16-24(26)28(27)34(29(32)35)20-7-10-22(15-20)36-2/h5-6,8-9,16-18,20,22H,3-4,7,10-15H2,1-2H3/t20-,22-/m0/s1. The van der Waals surface area contributed by atoms with Crippen molar-refractivity contribution in [2.45, 2.75) is 44.2 Å². The van der Waals surface area contributed by atoms with Crippen molar-refractivity contribution in [3.05, 3.63) is 58.9 Å². The Hall–Kier alpha value is -3.23. The molecular formula is C29H33FN4O3. The third-order valence-electron chi connectivity index (χ3n) is 8.06. The van der Waals surface area contributed by atoms with Gasteiger partial charge in [-0.25, -0.2) is 9.18 Å². The summed E-state index contributed by atoms with van der Waals surface area (Å²) in [5, 5.41) is 0.777. The van der Waals surface area contributed by atoms with Gasteiger partial charge in [0.15, 0.2) is 0 Å². The molecule has 0 unspecified atom stereocenters. The van der Waals surface area contributed by atoms with Crippen LogP contribution in [0.3, 0.4) is 0 Å². The first-order valence-corrected chi connectivity index (χ1v) is 13.2. The van der Waals surface area contributed by atoms with Crippen LogP contribution in [0, 0.1) is 5.82 Å². The van der Waals surface area contributed by atoms with Gasteiger partial charge in [-0.3, -0.25) is 14.1 Å². The van der Waals surface area contributed by atoms with Crippen LogP contribution >= 0.6 is 0 Å². The van der Waals surface area contributed by atoms with Crippen molar-refractivity contribution in [2.75, 3.05) is 33.4 Å². The molecule has 0 bridgehead atoms. The number of hydrogen-bond acceptors (Lipinski definition) is 5. The van der Waals surface area contributed by atoms with Crippen LogP contribution in [-0.4, -0.2) is 58.5 Å². The molecule has 0 spiro atoms. The Kier molecular flexibility index (Phi) is 6.46. The molecule has 2 atom stereocenters. The van der Waals surface area contributed by atoms with Gasteiger partial charge < -0.3 is 14.4 Å². The topological polar surface area (TPSA) is 61.5 Å². The number of methoxy groups -OCH3 is 1. The first-order chi connectivity index (χ1) is 18.0. The minimum absolute atomic E-state index is 0.0396. The zero-order chi connectivity index (χ0) is 25.5.